The number of aromatic nitrogens is 2. The second-order valence-corrected chi connectivity index (χ2v) is 3.83. The van der Waals surface area contributed by atoms with Crippen molar-refractivity contribution < 1.29 is 24.6 Å². The van der Waals surface area contributed by atoms with E-state index in [2.05, 4.69) is 9.97 Å². The van der Waals surface area contributed by atoms with Gasteiger partial charge in [0.25, 0.3) is 0 Å². The molecule has 0 aromatic carbocycles. The van der Waals surface area contributed by atoms with E-state index >= 15 is 0 Å². The molecular weight excluding hydrogens is 254 g/mol. The molecule has 0 saturated carbocycles. The Kier molecular flexibility index (Phi) is 11.1. The zero-order chi connectivity index (χ0) is 11.8. The van der Waals surface area contributed by atoms with Crippen LogP contribution in [-0.4, -0.2) is 15.1 Å². The van der Waals surface area contributed by atoms with Crippen molar-refractivity contribution in [1.29, 1.82) is 0 Å². The van der Waals surface area contributed by atoms with Gasteiger partial charge in [0.15, 0.2) is 0 Å². The minimum absolute atomic E-state index is 0. The Morgan fingerprint density at radius 1 is 1.19 bits per heavy atom. The molecule has 0 aliphatic heterocycles. The van der Waals surface area contributed by atoms with Crippen molar-refractivity contribution in [3.05, 3.63) is 30.2 Å². The summed E-state index contributed by atoms with van der Waals surface area (Å²) in [6.07, 6.45) is 4.89. The molecule has 0 amide bonds. The minimum Gasteiger partial charge on any atom is -0.388 e. The van der Waals surface area contributed by atoms with Crippen LogP contribution in [0.2, 0.25) is 0 Å². The molecule has 16 heavy (non-hydrogen) atoms. The van der Waals surface area contributed by atoms with Crippen LogP contribution in [0.3, 0.4) is 0 Å². The first-order valence-electron chi connectivity index (χ1n) is 5.23. The summed E-state index contributed by atoms with van der Waals surface area (Å²) in [5.74, 6) is 0.936. The van der Waals surface area contributed by atoms with Crippen molar-refractivity contribution in [2.45, 2.75) is 40.7 Å². The van der Waals surface area contributed by atoms with Crippen LogP contribution in [0.1, 0.15) is 45.2 Å². The molecule has 0 radical (unpaired) electrons. The summed E-state index contributed by atoms with van der Waals surface area (Å²) in [7, 11) is 0. The molecule has 1 rings (SSSR count). The zero-order valence-corrected chi connectivity index (χ0v) is 13.9. The Morgan fingerprint density at radius 2 is 1.56 bits per heavy atom. The molecular formula is C12H21N2OZn-. The largest absolute Gasteiger partial charge is 0.388 e. The normalized spacial score (nSPS) is 11.2. The molecule has 0 aliphatic rings. The van der Waals surface area contributed by atoms with E-state index in [1.807, 2.05) is 41.0 Å². The maximum absolute atomic E-state index is 9.61. The van der Waals surface area contributed by atoms with E-state index in [1.165, 1.54) is 0 Å². The molecule has 1 heterocycles. The van der Waals surface area contributed by atoms with Gasteiger partial charge >= 0.3 is 0 Å². The summed E-state index contributed by atoms with van der Waals surface area (Å²) in [5.41, 5.74) is 0.788. The van der Waals surface area contributed by atoms with Crippen LogP contribution in [0, 0.1) is 19.3 Å². The molecule has 3 nitrogen and oxygen atoms in total. The second-order valence-electron chi connectivity index (χ2n) is 3.83. The van der Waals surface area contributed by atoms with Gasteiger partial charge in [-0.25, -0.2) is 9.97 Å². The van der Waals surface area contributed by atoms with Crippen LogP contribution in [0.5, 0.6) is 0 Å². The molecule has 88 valence electrons. The van der Waals surface area contributed by atoms with Gasteiger partial charge in [0.05, 0.1) is 6.10 Å². The average Bonchev–Trinajstić information content (AvgIpc) is 2.19. The first-order valence-corrected chi connectivity index (χ1v) is 5.23. The molecule has 1 aromatic heterocycles. The summed E-state index contributed by atoms with van der Waals surface area (Å²) in [6, 6.07) is 0. The van der Waals surface area contributed by atoms with Crippen molar-refractivity contribution in [3.8, 4) is 0 Å². The van der Waals surface area contributed by atoms with Crippen molar-refractivity contribution in [1.82, 2.24) is 9.97 Å². The predicted octanol–water partition coefficient (Wildman–Crippen LogP) is 2.70. The maximum atomic E-state index is 9.61. The zero-order valence-electron chi connectivity index (χ0n) is 10.9. The Balaban J connectivity index is 0. The van der Waals surface area contributed by atoms with E-state index in [0.717, 1.165) is 11.4 Å². The summed E-state index contributed by atoms with van der Waals surface area (Å²) >= 11 is 0. The number of aliphatic hydroxyl groups is 1. The third-order valence-corrected chi connectivity index (χ3v) is 1.77. The minimum atomic E-state index is -0.453. The third-order valence-electron chi connectivity index (χ3n) is 1.77. The number of aryl methyl sites for hydroxylation is 1. The number of hydrogen-bond donors (Lipinski definition) is 1. The summed E-state index contributed by atoms with van der Waals surface area (Å²) in [4.78, 5) is 8.02. The smallest absolute Gasteiger partial charge is 0.125 e. The second kappa shape index (κ2) is 9.86. The van der Waals surface area contributed by atoms with E-state index in [1.54, 1.807) is 12.4 Å². The first kappa shape index (κ1) is 18.0. The number of rotatable bonds is 2. The molecule has 0 spiro atoms. The average molecular weight is 275 g/mol. The van der Waals surface area contributed by atoms with Gasteiger partial charge in [0.1, 0.15) is 5.82 Å². The molecule has 0 saturated heterocycles. The number of hydrogen-bond acceptors (Lipinski definition) is 3. The van der Waals surface area contributed by atoms with Gasteiger partial charge in [0.2, 0.25) is 0 Å². The van der Waals surface area contributed by atoms with Gasteiger partial charge in [-0.3, -0.25) is 0 Å². The molecule has 4 heteroatoms. The molecule has 1 aromatic rings. The van der Waals surface area contributed by atoms with Crippen LogP contribution < -0.4 is 0 Å². The molecule has 0 bridgehead atoms. The molecule has 1 unspecified atom stereocenters. The summed E-state index contributed by atoms with van der Waals surface area (Å²) in [5, 5.41) is 9.61. The van der Waals surface area contributed by atoms with Crippen LogP contribution in [0.4, 0.5) is 0 Å². The van der Waals surface area contributed by atoms with Crippen LogP contribution in [0.25, 0.3) is 0 Å². The van der Waals surface area contributed by atoms with Crippen LogP contribution in [-0.2, 0) is 19.5 Å². The Hall–Kier alpha value is -0.337. The van der Waals surface area contributed by atoms with Crippen molar-refractivity contribution >= 4 is 0 Å². The van der Waals surface area contributed by atoms with Gasteiger partial charge < -0.3 is 11.5 Å². The van der Waals surface area contributed by atoms with E-state index in [9.17, 15) is 5.11 Å². The van der Waals surface area contributed by atoms with Crippen molar-refractivity contribution in [2.75, 3.05) is 0 Å². The predicted molar refractivity (Wildman–Crippen MR) is 62.2 cm³/mol. The van der Waals surface area contributed by atoms with Gasteiger partial charge in [-0.2, -0.15) is 13.8 Å². The van der Waals surface area contributed by atoms with Gasteiger partial charge in [-0.1, -0.05) is 13.8 Å². The third kappa shape index (κ3) is 7.02. The molecule has 1 N–H and O–H groups in total. The fourth-order valence-corrected chi connectivity index (χ4v) is 0.940. The van der Waals surface area contributed by atoms with Crippen molar-refractivity contribution in [2.24, 2.45) is 5.92 Å². The molecule has 1 atom stereocenters. The van der Waals surface area contributed by atoms with Gasteiger partial charge in [-0.15, -0.1) is 0 Å². The van der Waals surface area contributed by atoms with Crippen LogP contribution in [0.15, 0.2) is 12.4 Å². The number of nitrogens with zero attached hydrogens (tertiary/aromatic N) is 2. The Labute approximate surface area is 111 Å². The Bertz CT molecular complexity index is 262. The van der Waals surface area contributed by atoms with Gasteiger partial charge in [0, 0.05) is 37.4 Å². The fourth-order valence-electron chi connectivity index (χ4n) is 0.940. The quantitative estimate of drug-likeness (QED) is 0.666. The standard InChI is InChI=1S/C9H14N2O.C3H7.Zn/c1-6(2)9(12)8-4-10-7(3)11-5-8;1-3-2;/h4-6,9,12H,1-3H3;3H,1-2H3;/q;-1;. The first-order chi connectivity index (χ1) is 7.02. The van der Waals surface area contributed by atoms with E-state index in [-0.39, 0.29) is 25.4 Å². The Morgan fingerprint density at radius 3 is 1.88 bits per heavy atom. The fraction of sp³-hybridized carbons (Fsp3) is 0.583. The summed E-state index contributed by atoms with van der Waals surface area (Å²) < 4.78 is 0. The number of aliphatic hydroxyl groups excluding tert-OH is 1. The topological polar surface area (TPSA) is 46.0 Å². The van der Waals surface area contributed by atoms with Gasteiger partial charge in [-0.05, 0) is 12.8 Å². The van der Waals surface area contributed by atoms with Crippen LogP contribution >= 0.6 is 0 Å². The van der Waals surface area contributed by atoms with Crippen molar-refractivity contribution in [3.63, 3.8) is 0 Å². The monoisotopic (exact) mass is 273 g/mol. The SMILES string of the molecule is C[CH-]C.Cc1ncc(C(O)C(C)C)cn1.[Zn]. The van der Waals surface area contributed by atoms with E-state index < -0.39 is 6.10 Å². The summed E-state index contributed by atoms with van der Waals surface area (Å²) in [6.45, 7) is 9.75. The molecule has 0 fully saturated rings. The maximum Gasteiger partial charge on any atom is 0.125 e. The molecule has 0 aliphatic carbocycles. The van der Waals surface area contributed by atoms with E-state index in [0.29, 0.717) is 0 Å². The van der Waals surface area contributed by atoms with E-state index in [4.69, 9.17) is 0 Å².